The second-order valence-corrected chi connectivity index (χ2v) is 5.37. The molecule has 1 heterocycles. The molecular weight excluding hydrogens is 292 g/mol. The van der Waals surface area contributed by atoms with Crippen molar-refractivity contribution in [1.29, 1.82) is 0 Å². The molecule has 1 N–H and O–H groups in total. The molecule has 0 radical (unpaired) electrons. The zero-order chi connectivity index (χ0) is 14.3. The molecule has 0 spiro atoms. The number of halogens is 1. The van der Waals surface area contributed by atoms with Gasteiger partial charge in [-0.2, -0.15) is 0 Å². The summed E-state index contributed by atoms with van der Waals surface area (Å²) in [6, 6.07) is 11.7. The molecule has 0 saturated heterocycles. The molecule has 0 fully saturated rings. The molecule has 3 aromatic rings. The quantitative estimate of drug-likeness (QED) is 0.698. The van der Waals surface area contributed by atoms with Gasteiger partial charge in [-0.1, -0.05) is 23.7 Å². The van der Waals surface area contributed by atoms with Crippen LogP contribution in [0.4, 0.5) is 0 Å². The van der Waals surface area contributed by atoms with Crippen LogP contribution in [-0.4, -0.2) is 16.7 Å². The van der Waals surface area contributed by atoms with Gasteiger partial charge in [0.2, 0.25) is 0 Å². The number of para-hydroxylation sites is 1. The molecule has 3 rings (SSSR count). The average molecular weight is 305 g/mol. The summed E-state index contributed by atoms with van der Waals surface area (Å²) in [5.74, 6) is 0.760. The fraction of sp³-hybridized carbons (Fsp3) is 0.133. The standard InChI is InChI=1S/C15H13ClN2OS/c1-9-6-7-10(16)12(8-9)18-11-4-3-5-13(19-2)14(11)17-15(18)20/h3-8H,1-2H3,(H,17,20). The molecule has 0 aliphatic carbocycles. The summed E-state index contributed by atoms with van der Waals surface area (Å²) in [5.41, 5.74) is 3.82. The first kappa shape index (κ1) is 13.2. The zero-order valence-corrected chi connectivity index (χ0v) is 12.7. The lowest BCUT2D eigenvalue weighted by Gasteiger charge is -2.08. The molecule has 0 amide bonds. The van der Waals surface area contributed by atoms with E-state index in [0.717, 1.165) is 28.0 Å². The number of ether oxygens (including phenoxy) is 1. The van der Waals surface area contributed by atoms with E-state index in [4.69, 9.17) is 28.6 Å². The third-order valence-electron chi connectivity index (χ3n) is 3.24. The lowest BCUT2D eigenvalue weighted by atomic mass is 10.2. The summed E-state index contributed by atoms with van der Waals surface area (Å²) in [5, 5.41) is 0.662. The Bertz CT molecular complexity index is 851. The van der Waals surface area contributed by atoms with Crippen molar-refractivity contribution in [3.63, 3.8) is 0 Å². The van der Waals surface area contributed by atoms with Crippen molar-refractivity contribution >= 4 is 34.9 Å². The summed E-state index contributed by atoms with van der Waals surface area (Å²) in [6.07, 6.45) is 0. The molecule has 102 valence electrons. The van der Waals surface area contributed by atoms with Gasteiger partial charge in [0.1, 0.15) is 11.3 Å². The van der Waals surface area contributed by atoms with Crippen LogP contribution in [0, 0.1) is 11.7 Å². The summed E-state index contributed by atoms with van der Waals surface area (Å²) in [7, 11) is 1.64. The van der Waals surface area contributed by atoms with Crippen LogP contribution in [0.2, 0.25) is 5.02 Å². The molecular formula is C15H13ClN2OS. The minimum Gasteiger partial charge on any atom is -0.494 e. The Morgan fingerprint density at radius 1 is 1.25 bits per heavy atom. The largest absolute Gasteiger partial charge is 0.494 e. The summed E-state index contributed by atoms with van der Waals surface area (Å²) >= 11 is 11.8. The summed E-state index contributed by atoms with van der Waals surface area (Å²) in [4.78, 5) is 3.19. The van der Waals surface area contributed by atoms with Gasteiger partial charge in [0.15, 0.2) is 4.77 Å². The number of H-pyrrole nitrogens is 1. The monoisotopic (exact) mass is 304 g/mol. The van der Waals surface area contributed by atoms with Crippen LogP contribution in [0.1, 0.15) is 5.56 Å². The Kier molecular flexibility index (Phi) is 3.28. The topological polar surface area (TPSA) is 29.9 Å². The van der Waals surface area contributed by atoms with E-state index >= 15 is 0 Å². The van der Waals surface area contributed by atoms with Crippen molar-refractivity contribution in [2.24, 2.45) is 0 Å². The third-order valence-corrected chi connectivity index (χ3v) is 3.85. The van der Waals surface area contributed by atoms with Crippen molar-refractivity contribution in [3.05, 3.63) is 51.8 Å². The summed E-state index contributed by atoms with van der Waals surface area (Å²) in [6.45, 7) is 2.03. The van der Waals surface area contributed by atoms with Gasteiger partial charge in [-0.05, 0) is 49.0 Å². The number of hydrogen-bond acceptors (Lipinski definition) is 2. The van der Waals surface area contributed by atoms with Crippen molar-refractivity contribution in [1.82, 2.24) is 9.55 Å². The molecule has 2 aromatic carbocycles. The highest BCUT2D eigenvalue weighted by Gasteiger charge is 2.12. The highest BCUT2D eigenvalue weighted by Crippen LogP contribution is 2.30. The maximum absolute atomic E-state index is 6.32. The number of aromatic amines is 1. The fourth-order valence-electron chi connectivity index (χ4n) is 2.31. The Morgan fingerprint density at radius 3 is 2.80 bits per heavy atom. The number of aryl methyl sites for hydroxylation is 1. The highest BCUT2D eigenvalue weighted by molar-refractivity contribution is 7.71. The first-order valence-electron chi connectivity index (χ1n) is 6.16. The van der Waals surface area contributed by atoms with Crippen LogP contribution in [-0.2, 0) is 0 Å². The normalized spacial score (nSPS) is 10.9. The number of nitrogens with one attached hydrogen (secondary N) is 1. The lowest BCUT2D eigenvalue weighted by Crippen LogP contribution is -1.96. The van der Waals surface area contributed by atoms with Crippen molar-refractivity contribution in [2.75, 3.05) is 7.11 Å². The smallest absolute Gasteiger partial charge is 0.182 e. The van der Waals surface area contributed by atoms with Crippen LogP contribution >= 0.6 is 23.8 Å². The molecule has 0 unspecified atom stereocenters. The number of benzene rings is 2. The zero-order valence-electron chi connectivity index (χ0n) is 11.1. The van der Waals surface area contributed by atoms with Crippen LogP contribution in [0.15, 0.2) is 36.4 Å². The Morgan fingerprint density at radius 2 is 2.05 bits per heavy atom. The SMILES string of the molecule is COc1cccc2c1[nH]c(=S)n2-c1cc(C)ccc1Cl. The number of methoxy groups -OCH3 is 1. The number of hydrogen-bond donors (Lipinski definition) is 1. The predicted molar refractivity (Wildman–Crippen MR) is 84.8 cm³/mol. The highest BCUT2D eigenvalue weighted by atomic mass is 35.5. The number of nitrogens with zero attached hydrogens (tertiary/aromatic N) is 1. The third kappa shape index (κ3) is 2.01. The molecule has 20 heavy (non-hydrogen) atoms. The molecule has 0 atom stereocenters. The van der Waals surface area contributed by atoms with E-state index in [-0.39, 0.29) is 0 Å². The van der Waals surface area contributed by atoms with Gasteiger partial charge in [-0.3, -0.25) is 4.57 Å². The van der Waals surface area contributed by atoms with E-state index in [0.29, 0.717) is 9.79 Å². The first-order valence-corrected chi connectivity index (χ1v) is 6.94. The molecule has 0 aliphatic heterocycles. The van der Waals surface area contributed by atoms with Gasteiger partial charge in [-0.15, -0.1) is 0 Å². The van der Waals surface area contributed by atoms with Crippen LogP contribution in [0.3, 0.4) is 0 Å². The predicted octanol–water partition coefficient (Wildman–Crippen LogP) is 4.66. The van der Waals surface area contributed by atoms with Gasteiger partial charge in [0, 0.05) is 0 Å². The molecule has 1 aromatic heterocycles. The van der Waals surface area contributed by atoms with Gasteiger partial charge in [0.25, 0.3) is 0 Å². The van der Waals surface area contributed by atoms with Crippen molar-refractivity contribution in [2.45, 2.75) is 6.92 Å². The second kappa shape index (κ2) is 4.96. The number of imidazole rings is 1. The Labute approximate surface area is 126 Å². The molecule has 0 saturated carbocycles. The van der Waals surface area contributed by atoms with E-state index in [9.17, 15) is 0 Å². The van der Waals surface area contributed by atoms with Gasteiger partial charge in [0.05, 0.1) is 23.3 Å². The Balaban J connectivity index is 2.40. The number of fused-ring (bicyclic) bond motifs is 1. The second-order valence-electron chi connectivity index (χ2n) is 4.57. The first-order chi connectivity index (χ1) is 9.61. The summed E-state index contributed by atoms with van der Waals surface area (Å²) < 4.78 is 7.89. The molecule has 0 aliphatic rings. The number of aromatic nitrogens is 2. The fourth-order valence-corrected chi connectivity index (χ4v) is 2.81. The maximum Gasteiger partial charge on any atom is 0.182 e. The van der Waals surface area contributed by atoms with E-state index in [1.165, 1.54) is 0 Å². The van der Waals surface area contributed by atoms with Crippen molar-refractivity contribution < 1.29 is 4.74 Å². The molecule has 3 nitrogen and oxygen atoms in total. The van der Waals surface area contributed by atoms with E-state index in [1.807, 2.05) is 47.9 Å². The number of rotatable bonds is 2. The van der Waals surface area contributed by atoms with Gasteiger partial charge < -0.3 is 9.72 Å². The van der Waals surface area contributed by atoms with E-state index < -0.39 is 0 Å². The Hall–Kier alpha value is -1.78. The lowest BCUT2D eigenvalue weighted by molar-refractivity contribution is 0.419. The van der Waals surface area contributed by atoms with E-state index in [2.05, 4.69) is 4.98 Å². The maximum atomic E-state index is 6.32. The van der Waals surface area contributed by atoms with Crippen LogP contribution in [0.25, 0.3) is 16.7 Å². The van der Waals surface area contributed by atoms with Crippen LogP contribution < -0.4 is 4.74 Å². The molecule has 5 heteroatoms. The molecule has 0 bridgehead atoms. The minimum atomic E-state index is 0.594. The van der Waals surface area contributed by atoms with Crippen LogP contribution in [0.5, 0.6) is 5.75 Å². The average Bonchev–Trinajstić information content (AvgIpc) is 2.77. The van der Waals surface area contributed by atoms with Crippen molar-refractivity contribution in [3.8, 4) is 11.4 Å². The minimum absolute atomic E-state index is 0.594. The van der Waals surface area contributed by atoms with Gasteiger partial charge >= 0.3 is 0 Å². The van der Waals surface area contributed by atoms with E-state index in [1.54, 1.807) is 7.11 Å². The van der Waals surface area contributed by atoms with Gasteiger partial charge in [-0.25, -0.2) is 0 Å².